The van der Waals surface area contributed by atoms with E-state index in [4.69, 9.17) is 9.47 Å². The molecule has 2 aromatic carbocycles. The van der Waals surface area contributed by atoms with Gasteiger partial charge in [0.2, 0.25) is 5.91 Å². The predicted molar refractivity (Wildman–Crippen MR) is 98.0 cm³/mol. The van der Waals surface area contributed by atoms with Crippen molar-refractivity contribution >= 4 is 5.91 Å². The van der Waals surface area contributed by atoms with Gasteiger partial charge in [-0.15, -0.1) is 0 Å². The van der Waals surface area contributed by atoms with Crippen LogP contribution in [0.2, 0.25) is 0 Å². The SMILES string of the molecule is COc1cc(CCC(=O)N2CCCC2c2ccc(F)cc2)cc(OC)c1. The molecule has 4 nitrogen and oxygen atoms in total. The highest BCUT2D eigenvalue weighted by molar-refractivity contribution is 5.77. The molecule has 5 heteroatoms. The summed E-state index contributed by atoms with van der Waals surface area (Å²) >= 11 is 0. The summed E-state index contributed by atoms with van der Waals surface area (Å²) in [4.78, 5) is 14.7. The highest BCUT2D eigenvalue weighted by Gasteiger charge is 2.29. The molecule has 0 aromatic heterocycles. The van der Waals surface area contributed by atoms with Gasteiger partial charge in [-0.2, -0.15) is 0 Å². The van der Waals surface area contributed by atoms with Gasteiger partial charge in [-0.3, -0.25) is 4.79 Å². The van der Waals surface area contributed by atoms with Crippen molar-refractivity contribution in [1.82, 2.24) is 4.90 Å². The number of likely N-dealkylation sites (tertiary alicyclic amines) is 1. The van der Waals surface area contributed by atoms with Crippen LogP contribution >= 0.6 is 0 Å². The zero-order valence-electron chi connectivity index (χ0n) is 15.2. The zero-order chi connectivity index (χ0) is 18.5. The molecule has 0 radical (unpaired) electrons. The molecule has 1 atom stereocenters. The van der Waals surface area contributed by atoms with Gasteiger partial charge in [-0.1, -0.05) is 12.1 Å². The summed E-state index contributed by atoms with van der Waals surface area (Å²) in [5.41, 5.74) is 2.01. The van der Waals surface area contributed by atoms with Crippen LogP contribution in [0.4, 0.5) is 4.39 Å². The topological polar surface area (TPSA) is 38.8 Å². The van der Waals surface area contributed by atoms with Gasteiger partial charge >= 0.3 is 0 Å². The first-order valence-corrected chi connectivity index (χ1v) is 8.87. The van der Waals surface area contributed by atoms with Gasteiger partial charge in [0, 0.05) is 19.0 Å². The van der Waals surface area contributed by atoms with Crippen molar-refractivity contribution in [2.24, 2.45) is 0 Å². The minimum Gasteiger partial charge on any atom is -0.497 e. The van der Waals surface area contributed by atoms with Gasteiger partial charge in [-0.25, -0.2) is 4.39 Å². The minimum atomic E-state index is -0.253. The molecule has 3 rings (SSSR count). The van der Waals surface area contributed by atoms with E-state index >= 15 is 0 Å². The van der Waals surface area contributed by atoms with E-state index in [1.807, 2.05) is 23.1 Å². The Labute approximate surface area is 153 Å². The van der Waals surface area contributed by atoms with Crippen molar-refractivity contribution < 1.29 is 18.7 Å². The van der Waals surface area contributed by atoms with Crippen LogP contribution in [-0.2, 0) is 11.2 Å². The van der Waals surface area contributed by atoms with E-state index in [0.29, 0.717) is 12.8 Å². The van der Waals surface area contributed by atoms with Crippen LogP contribution in [0.1, 0.15) is 36.4 Å². The Kier molecular flexibility index (Phi) is 5.76. The number of aryl methyl sites for hydroxylation is 1. The largest absolute Gasteiger partial charge is 0.497 e. The van der Waals surface area contributed by atoms with E-state index in [0.717, 1.165) is 42.0 Å². The van der Waals surface area contributed by atoms with Crippen LogP contribution in [-0.4, -0.2) is 31.6 Å². The lowest BCUT2D eigenvalue weighted by atomic mass is 10.0. The van der Waals surface area contributed by atoms with E-state index in [1.54, 1.807) is 26.4 Å². The van der Waals surface area contributed by atoms with E-state index in [9.17, 15) is 9.18 Å². The third-order valence-corrected chi connectivity index (χ3v) is 4.87. The molecule has 0 bridgehead atoms. The number of nitrogens with zero attached hydrogens (tertiary/aromatic N) is 1. The Morgan fingerprint density at radius 2 is 1.77 bits per heavy atom. The standard InChI is InChI=1S/C21H24FNO3/c1-25-18-12-15(13-19(14-18)26-2)5-10-21(24)23-11-3-4-20(23)16-6-8-17(22)9-7-16/h6-9,12-14,20H,3-5,10-11H2,1-2H3. The van der Waals surface area contributed by atoms with Gasteiger partial charge in [0.05, 0.1) is 20.3 Å². The van der Waals surface area contributed by atoms with Gasteiger partial charge in [0.15, 0.2) is 0 Å². The molecule has 1 aliphatic rings. The number of rotatable bonds is 6. The van der Waals surface area contributed by atoms with Crippen LogP contribution in [0.5, 0.6) is 11.5 Å². The summed E-state index contributed by atoms with van der Waals surface area (Å²) in [6.45, 7) is 0.752. The van der Waals surface area contributed by atoms with E-state index < -0.39 is 0 Å². The predicted octanol–water partition coefficient (Wildman–Crippen LogP) is 4.14. The van der Waals surface area contributed by atoms with E-state index in [-0.39, 0.29) is 17.8 Å². The third kappa shape index (κ3) is 4.15. The number of carbonyl (C=O) groups excluding carboxylic acids is 1. The van der Waals surface area contributed by atoms with Crippen LogP contribution in [0.25, 0.3) is 0 Å². The maximum absolute atomic E-state index is 13.2. The number of carbonyl (C=O) groups is 1. The quantitative estimate of drug-likeness (QED) is 0.780. The second kappa shape index (κ2) is 8.21. The molecule has 2 aromatic rings. The number of halogens is 1. The minimum absolute atomic E-state index is 0.0444. The second-order valence-electron chi connectivity index (χ2n) is 6.52. The van der Waals surface area contributed by atoms with Crippen molar-refractivity contribution in [2.45, 2.75) is 31.7 Å². The van der Waals surface area contributed by atoms with Crippen LogP contribution in [0.3, 0.4) is 0 Å². The number of hydrogen-bond donors (Lipinski definition) is 0. The van der Waals surface area contributed by atoms with Crippen molar-refractivity contribution in [3.05, 3.63) is 59.4 Å². The molecule has 0 N–H and O–H groups in total. The molecule has 1 saturated heterocycles. The molecule has 1 fully saturated rings. The normalized spacial score (nSPS) is 16.6. The van der Waals surface area contributed by atoms with Crippen molar-refractivity contribution in [3.8, 4) is 11.5 Å². The monoisotopic (exact) mass is 357 g/mol. The van der Waals surface area contributed by atoms with Crippen molar-refractivity contribution in [1.29, 1.82) is 0 Å². The fraction of sp³-hybridized carbons (Fsp3) is 0.381. The molecule has 0 spiro atoms. The number of benzene rings is 2. The molecule has 26 heavy (non-hydrogen) atoms. The molecule has 0 aliphatic carbocycles. The number of methoxy groups -OCH3 is 2. The Balaban J connectivity index is 1.66. The molecule has 1 heterocycles. The summed E-state index contributed by atoms with van der Waals surface area (Å²) in [6.07, 6.45) is 2.94. The Bertz CT molecular complexity index is 738. The molecule has 138 valence electrons. The maximum Gasteiger partial charge on any atom is 0.223 e. The zero-order valence-corrected chi connectivity index (χ0v) is 15.2. The van der Waals surface area contributed by atoms with Gasteiger partial charge in [0.1, 0.15) is 17.3 Å². The Hall–Kier alpha value is -2.56. The van der Waals surface area contributed by atoms with Crippen LogP contribution < -0.4 is 9.47 Å². The Morgan fingerprint density at radius 3 is 2.38 bits per heavy atom. The van der Waals surface area contributed by atoms with Gasteiger partial charge in [-0.05, 0) is 54.7 Å². The third-order valence-electron chi connectivity index (χ3n) is 4.87. The van der Waals surface area contributed by atoms with Gasteiger partial charge in [0.25, 0.3) is 0 Å². The van der Waals surface area contributed by atoms with Crippen molar-refractivity contribution in [2.75, 3.05) is 20.8 Å². The summed E-state index contributed by atoms with van der Waals surface area (Å²) in [6, 6.07) is 12.2. The van der Waals surface area contributed by atoms with E-state index in [2.05, 4.69) is 0 Å². The molecule has 1 unspecified atom stereocenters. The first kappa shape index (κ1) is 18.2. The lowest BCUT2D eigenvalue weighted by Crippen LogP contribution is -2.30. The molecular weight excluding hydrogens is 333 g/mol. The molecular formula is C21H24FNO3. The first-order valence-electron chi connectivity index (χ1n) is 8.87. The van der Waals surface area contributed by atoms with Gasteiger partial charge < -0.3 is 14.4 Å². The van der Waals surface area contributed by atoms with Crippen molar-refractivity contribution in [3.63, 3.8) is 0 Å². The molecule has 0 saturated carbocycles. The summed E-state index contributed by atoms with van der Waals surface area (Å²) in [7, 11) is 3.22. The first-order chi connectivity index (χ1) is 12.6. The fourth-order valence-corrected chi connectivity index (χ4v) is 3.50. The highest BCUT2D eigenvalue weighted by atomic mass is 19.1. The maximum atomic E-state index is 13.2. The number of ether oxygens (including phenoxy) is 2. The van der Waals surface area contributed by atoms with Crippen LogP contribution in [0, 0.1) is 5.82 Å². The lowest BCUT2D eigenvalue weighted by molar-refractivity contribution is -0.132. The van der Waals surface area contributed by atoms with Crippen LogP contribution in [0.15, 0.2) is 42.5 Å². The number of amides is 1. The Morgan fingerprint density at radius 1 is 1.12 bits per heavy atom. The fourth-order valence-electron chi connectivity index (χ4n) is 3.50. The summed E-state index contributed by atoms with van der Waals surface area (Å²) in [5, 5.41) is 0. The lowest BCUT2D eigenvalue weighted by Gasteiger charge is -2.25. The molecule has 1 aliphatic heterocycles. The number of hydrogen-bond acceptors (Lipinski definition) is 3. The smallest absolute Gasteiger partial charge is 0.223 e. The summed E-state index contributed by atoms with van der Waals surface area (Å²) in [5.74, 6) is 1.31. The summed E-state index contributed by atoms with van der Waals surface area (Å²) < 4.78 is 23.7. The average Bonchev–Trinajstić information content (AvgIpc) is 3.16. The molecule has 1 amide bonds. The van der Waals surface area contributed by atoms with E-state index in [1.165, 1.54) is 12.1 Å². The second-order valence-corrected chi connectivity index (χ2v) is 6.52. The average molecular weight is 357 g/mol. The highest BCUT2D eigenvalue weighted by Crippen LogP contribution is 2.33.